The van der Waals surface area contributed by atoms with E-state index in [2.05, 4.69) is 10.3 Å². The van der Waals surface area contributed by atoms with Gasteiger partial charge in [-0.1, -0.05) is 0 Å². The highest BCUT2D eigenvalue weighted by Gasteiger charge is 2.42. The molecular weight excluding hydrogens is 237 g/mol. The van der Waals surface area contributed by atoms with Crippen molar-refractivity contribution in [1.82, 2.24) is 10.3 Å². The quantitative estimate of drug-likeness (QED) is 0.682. The van der Waals surface area contributed by atoms with Crippen molar-refractivity contribution in [3.05, 3.63) is 33.7 Å². The van der Waals surface area contributed by atoms with E-state index in [0.717, 1.165) is 18.4 Å². The lowest BCUT2D eigenvalue weighted by atomic mass is 10.1. The Labute approximate surface area is 104 Å². The highest BCUT2D eigenvalue weighted by molar-refractivity contribution is 5.92. The van der Waals surface area contributed by atoms with Crippen LogP contribution in [-0.2, 0) is 6.54 Å². The summed E-state index contributed by atoms with van der Waals surface area (Å²) in [7, 11) is 0. The van der Waals surface area contributed by atoms with Crippen molar-refractivity contribution < 1.29 is 9.18 Å². The minimum Gasteiger partial charge on any atom is -0.365 e. The Kier molecular flexibility index (Phi) is 3.47. The van der Waals surface area contributed by atoms with Crippen LogP contribution in [0.25, 0.3) is 0 Å². The van der Waals surface area contributed by atoms with Crippen LogP contribution in [0, 0.1) is 5.41 Å². The number of rotatable bonds is 6. The van der Waals surface area contributed by atoms with Gasteiger partial charge >= 0.3 is 0 Å². The third-order valence-corrected chi connectivity index (χ3v) is 3.30. The summed E-state index contributed by atoms with van der Waals surface area (Å²) in [5, 5.41) is 3.13. The van der Waals surface area contributed by atoms with Gasteiger partial charge in [-0.05, 0) is 24.5 Å². The molecule has 6 heteroatoms. The Hall–Kier alpha value is -1.69. The van der Waals surface area contributed by atoms with Gasteiger partial charge in [-0.15, -0.1) is 0 Å². The number of pyridine rings is 1. The maximum atomic E-state index is 12.6. The summed E-state index contributed by atoms with van der Waals surface area (Å²) in [5.41, 5.74) is 5.10. The first-order valence-corrected chi connectivity index (χ1v) is 5.84. The Bertz CT molecular complexity index is 508. The molecule has 98 valence electrons. The third-order valence-electron chi connectivity index (χ3n) is 3.30. The molecule has 0 aliphatic heterocycles. The molecule has 1 fully saturated rings. The van der Waals surface area contributed by atoms with Crippen molar-refractivity contribution in [3.8, 4) is 0 Å². The zero-order valence-electron chi connectivity index (χ0n) is 9.96. The summed E-state index contributed by atoms with van der Waals surface area (Å²) in [6.07, 6.45) is 3.35. The number of aromatic amines is 1. The summed E-state index contributed by atoms with van der Waals surface area (Å²) in [6, 6.07) is 1.46. The molecule has 0 radical (unpaired) electrons. The fourth-order valence-corrected chi connectivity index (χ4v) is 1.82. The number of halogens is 1. The summed E-state index contributed by atoms with van der Waals surface area (Å²) >= 11 is 0. The highest BCUT2D eigenvalue weighted by atomic mass is 19.1. The van der Waals surface area contributed by atoms with Gasteiger partial charge in [0.15, 0.2) is 0 Å². The first-order valence-electron chi connectivity index (χ1n) is 5.84. The van der Waals surface area contributed by atoms with E-state index < -0.39 is 11.5 Å². The number of alkyl halides is 1. The molecule has 4 N–H and O–H groups in total. The van der Waals surface area contributed by atoms with Crippen LogP contribution in [0.3, 0.4) is 0 Å². The van der Waals surface area contributed by atoms with E-state index in [1.54, 1.807) is 0 Å². The predicted molar refractivity (Wildman–Crippen MR) is 64.9 cm³/mol. The molecular formula is C12H16FN3O2. The molecule has 0 spiro atoms. The molecule has 5 nitrogen and oxygen atoms in total. The minimum absolute atomic E-state index is 0.0547. The third kappa shape index (κ3) is 2.76. The smallest absolute Gasteiger partial charge is 0.260 e. The molecule has 1 aromatic heterocycles. The van der Waals surface area contributed by atoms with Gasteiger partial charge in [0, 0.05) is 24.7 Å². The van der Waals surface area contributed by atoms with E-state index in [-0.39, 0.29) is 17.7 Å². The molecule has 0 saturated heterocycles. The van der Waals surface area contributed by atoms with Crippen molar-refractivity contribution in [2.24, 2.45) is 11.1 Å². The maximum absolute atomic E-state index is 12.6. The summed E-state index contributed by atoms with van der Waals surface area (Å²) in [4.78, 5) is 24.7. The van der Waals surface area contributed by atoms with Gasteiger partial charge in [-0.25, -0.2) is 0 Å². The summed E-state index contributed by atoms with van der Waals surface area (Å²) in [6.45, 7) is 0.769. The average molecular weight is 253 g/mol. The van der Waals surface area contributed by atoms with Gasteiger partial charge in [-0.3, -0.25) is 14.0 Å². The Morgan fingerprint density at radius 3 is 2.83 bits per heavy atom. The van der Waals surface area contributed by atoms with E-state index in [0.29, 0.717) is 13.1 Å². The number of nitrogens with one attached hydrogen (secondary N) is 2. The van der Waals surface area contributed by atoms with Crippen LogP contribution >= 0.6 is 0 Å². The predicted octanol–water partition coefficient (Wildman–Crippen LogP) is 0.313. The lowest BCUT2D eigenvalue weighted by molar-refractivity contribution is 0.0998. The molecule has 1 amide bonds. The van der Waals surface area contributed by atoms with Crippen molar-refractivity contribution in [2.45, 2.75) is 19.4 Å². The zero-order chi connectivity index (χ0) is 13.2. The minimum atomic E-state index is -0.750. The number of amides is 1. The fraction of sp³-hybridized carbons (Fsp3) is 0.500. The first-order chi connectivity index (χ1) is 8.56. The van der Waals surface area contributed by atoms with Gasteiger partial charge < -0.3 is 16.0 Å². The fourth-order valence-electron chi connectivity index (χ4n) is 1.82. The van der Waals surface area contributed by atoms with Crippen LogP contribution in [0.5, 0.6) is 0 Å². The second-order valence-electron chi connectivity index (χ2n) is 4.85. The standard InChI is InChI=1S/C12H16FN3O2/c13-6-12(1-2-12)7-15-4-8-3-9(10(14)17)11(18)16-5-8/h3,5,15H,1-2,4,6-7H2,(H2,14,17)(H,16,18). The largest absolute Gasteiger partial charge is 0.365 e. The molecule has 18 heavy (non-hydrogen) atoms. The number of nitrogens with two attached hydrogens (primary N) is 1. The van der Waals surface area contributed by atoms with Gasteiger partial charge in [0.1, 0.15) is 5.56 Å². The molecule has 0 bridgehead atoms. The van der Waals surface area contributed by atoms with Crippen molar-refractivity contribution in [1.29, 1.82) is 0 Å². The van der Waals surface area contributed by atoms with Crippen LogP contribution in [0.2, 0.25) is 0 Å². The van der Waals surface area contributed by atoms with Crippen LogP contribution in [0.1, 0.15) is 28.8 Å². The normalized spacial score (nSPS) is 16.5. The molecule has 1 heterocycles. The number of carbonyl (C=O) groups is 1. The van der Waals surface area contributed by atoms with Crippen LogP contribution in [0.15, 0.2) is 17.1 Å². The lowest BCUT2D eigenvalue weighted by Crippen LogP contribution is -2.27. The molecule has 0 aromatic carbocycles. The number of hydrogen-bond acceptors (Lipinski definition) is 3. The highest BCUT2D eigenvalue weighted by Crippen LogP contribution is 2.45. The van der Waals surface area contributed by atoms with Crippen molar-refractivity contribution >= 4 is 5.91 Å². The number of carbonyl (C=O) groups excluding carboxylic acids is 1. The topological polar surface area (TPSA) is 88.0 Å². The van der Waals surface area contributed by atoms with E-state index in [1.807, 2.05) is 0 Å². The average Bonchev–Trinajstić information content (AvgIpc) is 3.11. The number of aromatic nitrogens is 1. The molecule has 0 atom stereocenters. The first kappa shape index (κ1) is 12.8. The van der Waals surface area contributed by atoms with Gasteiger partial charge in [-0.2, -0.15) is 0 Å². The van der Waals surface area contributed by atoms with Crippen LogP contribution < -0.4 is 16.6 Å². The van der Waals surface area contributed by atoms with E-state index in [4.69, 9.17) is 5.73 Å². The summed E-state index contributed by atoms with van der Waals surface area (Å²) < 4.78 is 12.6. The molecule has 1 saturated carbocycles. The van der Waals surface area contributed by atoms with Crippen LogP contribution in [0.4, 0.5) is 4.39 Å². The van der Waals surface area contributed by atoms with Crippen LogP contribution in [-0.4, -0.2) is 24.1 Å². The van der Waals surface area contributed by atoms with Gasteiger partial charge in [0.25, 0.3) is 11.5 Å². The molecule has 2 rings (SSSR count). The summed E-state index contributed by atoms with van der Waals surface area (Å²) in [5.74, 6) is -0.750. The van der Waals surface area contributed by atoms with Gasteiger partial charge in [0.2, 0.25) is 0 Å². The Balaban J connectivity index is 1.95. The second-order valence-corrected chi connectivity index (χ2v) is 4.85. The molecule has 1 aliphatic rings. The van der Waals surface area contributed by atoms with Crippen molar-refractivity contribution in [3.63, 3.8) is 0 Å². The maximum Gasteiger partial charge on any atom is 0.260 e. The molecule has 0 unspecified atom stereocenters. The zero-order valence-corrected chi connectivity index (χ0v) is 9.96. The lowest BCUT2D eigenvalue weighted by Gasteiger charge is -2.11. The molecule has 1 aromatic rings. The second kappa shape index (κ2) is 4.89. The van der Waals surface area contributed by atoms with E-state index in [9.17, 15) is 14.0 Å². The number of hydrogen-bond donors (Lipinski definition) is 3. The Morgan fingerprint density at radius 1 is 1.56 bits per heavy atom. The van der Waals surface area contributed by atoms with E-state index >= 15 is 0 Å². The number of primary amides is 1. The Morgan fingerprint density at radius 2 is 2.28 bits per heavy atom. The number of H-pyrrole nitrogens is 1. The molecule has 1 aliphatic carbocycles. The monoisotopic (exact) mass is 253 g/mol. The van der Waals surface area contributed by atoms with Crippen molar-refractivity contribution in [2.75, 3.05) is 13.2 Å². The van der Waals surface area contributed by atoms with Gasteiger partial charge in [0.05, 0.1) is 6.67 Å². The van der Waals surface area contributed by atoms with E-state index in [1.165, 1.54) is 12.3 Å². The SMILES string of the molecule is NC(=O)c1cc(CNCC2(CF)CC2)c[nH]c1=O.